The molecule has 0 saturated heterocycles. The highest BCUT2D eigenvalue weighted by atomic mass is 35.5. The third-order valence-electron chi connectivity index (χ3n) is 8.76. The molecule has 0 aliphatic heterocycles. The van der Waals surface area contributed by atoms with Crippen LogP contribution in [0.5, 0.6) is 11.8 Å². The first-order valence-electron chi connectivity index (χ1n) is 19.9. The van der Waals surface area contributed by atoms with Crippen molar-refractivity contribution in [3.8, 4) is 29.2 Å². The maximum atomic E-state index is 13.4. The van der Waals surface area contributed by atoms with Gasteiger partial charge < -0.3 is 30.7 Å². The number of nitrogens with zero attached hydrogens (tertiary/aromatic N) is 7. The summed E-state index contributed by atoms with van der Waals surface area (Å²) in [7, 11) is 0. The molecule has 4 heterocycles. The number of amides is 4. The molecule has 4 amide bonds. The van der Waals surface area contributed by atoms with Crippen LogP contribution in [-0.2, 0) is 12.4 Å². The Labute approximate surface area is 382 Å². The van der Waals surface area contributed by atoms with Gasteiger partial charge in [0.1, 0.15) is 11.2 Å². The summed E-state index contributed by atoms with van der Waals surface area (Å²) >= 11 is 5.98. The molecule has 0 bridgehead atoms. The number of carbonyl (C=O) groups excluding carboxylic acids is 4. The minimum atomic E-state index is -4.84. The molecule has 350 valence electrons. The number of pyridine rings is 2. The van der Waals surface area contributed by atoms with Crippen LogP contribution in [0.15, 0.2) is 97.3 Å². The molecule has 0 aliphatic carbocycles. The van der Waals surface area contributed by atoms with Crippen molar-refractivity contribution in [2.45, 2.75) is 26.2 Å². The van der Waals surface area contributed by atoms with Gasteiger partial charge in [-0.15, -0.1) is 0 Å². The first kappa shape index (κ1) is 50.0. The number of aromatic nitrogens is 6. The van der Waals surface area contributed by atoms with E-state index in [1.54, 1.807) is 80.6 Å². The summed E-state index contributed by atoms with van der Waals surface area (Å²) in [4.78, 5) is 57.3. The van der Waals surface area contributed by atoms with E-state index >= 15 is 0 Å². The molecular weight excluding hydrogens is 916 g/mol. The lowest BCUT2D eigenvalue weighted by atomic mass is 10.2. The maximum absolute atomic E-state index is 13.4. The quantitative estimate of drug-likeness (QED) is 0.0485. The molecule has 0 saturated carbocycles. The van der Waals surface area contributed by atoms with Crippen molar-refractivity contribution < 1.29 is 55.0 Å². The fourth-order valence-corrected chi connectivity index (χ4v) is 6.00. The van der Waals surface area contributed by atoms with Crippen LogP contribution in [0.2, 0.25) is 5.15 Å². The second kappa shape index (κ2) is 22.8. The van der Waals surface area contributed by atoms with E-state index in [0.29, 0.717) is 24.6 Å². The Kier molecular flexibility index (Phi) is 17.0. The van der Waals surface area contributed by atoms with Gasteiger partial charge in [-0.25, -0.2) is 19.3 Å². The largest absolute Gasteiger partial charge is 0.478 e. The van der Waals surface area contributed by atoms with Crippen molar-refractivity contribution in [3.05, 3.63) is 142 Å². The predicted octanol–water partition coefficient (Wildman–Crippen LogP) is 6.21. The van der Waals surface area contributed by atoms with Gasteiger partial charge in [-0.1, -0.05) is 48.0 Å². The first-order chi connectivity index (χ1) is 31.9. The summed E-state index contributed by atoms with van der Waals surface area (Å²) in [6.07, 6.45) is -7.65. The van der Waals surface area contributed by atoms with E-state index in [1.807, 2.05) is 0 Å². The van der Waals surface area contributed by atoms with Crippen LogP contribution in [0.1, 0.15) is 72.4 Å². The molecule has 17 nitrogen and oxygen atoms in total. The molecule has 0 atom stereocenters. The molecule has 6 aromatic rings. The Morgan fingerprint density at radius 2 is 0.955 bits per heavy atom. The monoisotopic (exact) mass is 953 g/mol. The molecule has 0 radical (unpaired) electrons. The van der Waals surface area contributed by atoms with Gasteiger partial charge in [0.2, 0.25) is 11.8 Å². The van der Waals surface area contributed by atoms with Crippen LogP contribution in [0.25, 0.3) is 11.4 Å². The van der Waals surface area contributed by atoms with Gasteiger partial charge in [-0.3, -0.25) is 19.2 Å². The Morgan fingerprint density at radius 3 is 1.33 bits per heavy atom. The van der Waals surface area contributed by atoms with Gasteiger partial charge in [0, 0.05) is 50.7 Å². The summed E-state index contributed by atoms with van der Waals surface area (Å²) in [6.45, 7) is 3.80. The summed E-state index contributed by atoms with van der Waals surface area (Å²) in [5.74, 6) is -2.70. The highest BCUT2D eigenvalue weighted by Crippen LogP contribution is 2.32. The summed E-state index contributed by atoms with van der Waals surface area (Å²) in [5, 5.41) is 25.9. The number of nitrogens with one attached hydrogen (secondary N) is 4. The van der Waals surface area contributed by atoms with Crippen LogP contribution in [0.3, 0.4) is 0 Å². The second-order valence-corrected chi connectivity index (χ2v) is 13.7. The van der Waals surface area contributed by atoms with Gasteiger partial charge in [0.25, 0.3) is 23.6 Å². The normalized spacial score (nSPS) is 11.0. The molecular formula is C43H38ClF6N11O6. The molecule has 0 aliphatic rings. The van der Waals surface area contributed by atoms with E-state index in [9.17, 15) is 50.8 Å². The first-order valence-corrected chi connectivity index (χ1v) is 20.2. The van der Waals surface area contributed by atoms with Gasteiger partial charge in [-0.2, -0.15) is 41.8 Å². The van der Waals surface area contributed by atoms with E-state index in [-0.39, 0.29) is 59.9 Å². The maximum Gasteiger partial charge on any atom is 0.435 e. The number of hydrogen-bond donors (Lipinski definition) is 4. The Hall–Kier alpha value is -8.00. The van der Waals surface area contributed by atoms with Crippen LogP contribution < -0.4 is 30.7 Å². The van der Waals surface area contributed by atoms with Crippen molar-refractivity contribution >= 4 is 35.2 Å². The van der Waals surface area contributed by atoms with Crippen molar-refractivity contribution in [1.82, 2.24) is 50.8 Å². The fourth-order valence-electron chi connectivity index (χ4n) is 5.76. The van der Waals surface area contributed by atoms with Crippen molar-refractivity contribution in [1.29, 1.82) is 5.26 Å². The predicted molar refractivity (Wildman–Crippen MR) is 227 cm³/mol. The molecule has 6 rings (SSSR count). The number of halogens is 7. The van der Waals surface area contributed by atoms with E-state index in [4.69, 9.17) is 21.1 Å². The number of hydrogen-bond acceptors (Lipinski definition) is 11. The molecule has 2 aromatic carbocycles. The topological polar surface area (TPSA) is 220 Å². The number of ether oxygens (including phenoxy) is 2. The molecule has 24 heteroatoms. The van der Waals surface area contributed by atoms with Crippen molar-refractivity contribution in [2.75, 3.05) is 39.4 Å². The highest BCUT2D eigenvalue weighted by Gasteiger charge is 2.40. The molecule has 0 spiro atoms. The number of rotatable bonds is 16. The smallest absolute Gasteiger partial charge is 0.435 e. The van der Waals surface area contributed by atoms with Crippen LogP contribution in [0.4, 0.5) is 26.3 Å². The van der Waals surface area contributed by atoms with Crippen LogP contribution in [-0.4, -0.2) is 92.6 Å². The molecule has 4 aromatic heterocycles. The number of benzene rings is 2. The molecule has 4 N–H and O–H groups in total. The van der Waals surface area contributed by atoms with Crippen molar-refractivity contribution in [2.24, 2.45) is 0 Å². The lowest BCUT2D eigenvalue weighted by molar-refractivity contribution is -0.142. The zero-order valence-corrected chi connectivity index (χ0v) is 36.0. The zero-order valence-electron chi connectivity index (χ0n) is 35.2. The molecule has 67 heavy (non-hydrogen) atoms. The minimum Gasteiger partial charge on any atom is -0.478 e. The van der Waals surface area contributed by atoms with E-state index < -0.39 is 58.5 Å². The van der Waals surface area contributed by atoms with E-state index in [2.05, 4.69) is 41.4 Å². The van der Waals surface area contributed by atoms with Crippen molar-refractivity contribution in [3.63, 3.8) is 0 Å². The van der Waals surface area contributed by atoms with Crippen LogP contribution >= 0.6 is 11.6 Å². The average Bonchev–Trinajstić information content (AvgIpc) is 3.98. The third-order valence-corrected chi connectivity index (χ3v) is 9.05. The molecule has 0 fully saturated rings. The SMILES string of the molecule is CCOc1ccc(C(=O)NCCNC(=O)c2cn(-c3ccccc3)nc2C(F)(F)F)c(C#N)n1.CCOc1ccc(C(=O)NCCNC(=O)c2cn(-c3ccccc3)nc2C(F)(F)F)c(Cl)n1. The lowest BCUT2D eigenvalue weighted by Crippen LogP contribution is -2.35. The Balaban J connectivity index is 0.000000251. The summed E-state index contributed by atoms with van der Waals surface area (Å²) in [6, 6.07) is 23.7. The second-order valence-electron chi connectivity index (χ2n) is 13.4. The van der Waals surface area contributed by atoms with Gasteiger partial charge in [0.15, 0.2) is 17.1 Å². The number of carbonyl (C=O) groups is 4. The van der Waals surface area contributed by atoms with E-state index in [0.717, 1.165) is 21.8 Å². The molecule has 0 unspecified atom stereocenters. The number of alkyl halides is 6. The minimum absolute atomic E-state index is 0.000717. The Bertz CT molecular complexity index is 2730. The van der Waals surface area contributed by atoms with E-state index in [1.165, 1.54) is 24.3 Å². The number of nitriles is 1. The fraction of sp³-hybridized carbons (Fsp3) is 0.233. The number of para-hydroxylation sites is 2. The van der Waals surface area contributed by atoms with Gasteiger partial charge >= 0.3 is 12.4 Å². The van der Waals surface area contributed by atoms with Gasteiger partial charge in [-0.05, 0) is 50.2 Å². The van der Waals surface area contributed by atoms with Crippen LogP contribution in [0, 0.1) is 11.3 Å². The van der Waals surface area contributed by atoms with Gasteiger partial charge in [0.05, 0.1) is 46.8 Å². The summed E-state index contributed by atoms with van der Waals surface area (Å²) < 4.78 is 92.8. The zero-order chi connectivity index (χ0) is 48.7. The Morgan fingerprint density at radius 1 is 0.582 bits per heavy atom. The summed E-state index contributed by atoms with van der Waals surface area (Å²) in [5.41, 5.74) is -3.23. The standard InChI is InChI=1S/C22H19F3N6O3.C21H19ClF3N5O3/c1-2-34-18-9-8-15(17(12-26)29-18)20(32)27-10-11-28-21(33)16-13-31(14-6-4-3-5-7-14)30-19(16)22(23,24)25;1-2-33-16-9-8-14(18(22)28-16)19(31)26-10-11-27-20(32)15-12-30(13-6-4-3-5-7-13)29-17(15)21(23,24)25/h3-9,13H,2,10-11H2,1H3,(H,27,32)(H,28,33);3-9,12H,2,10-11H2,1H3,(H,26,31)(H,27,32). The lowest BCUT2D eigenvalue weighted by Gasteiger charge is -2.09. The highest BCUT2D eigenvalue weighted by molar-refractivity contribution is 6.32. The average molecular weight is 954 g/mol. The third kappa shape index (κ3) is 13.5.